The minimum Gasteiger partial charge on any atom is -0.445 e. The third-order valence-electron chi connectivity index (χ3n) is 4.26. The van der Waals surface area contributed by atoms with Gasteiger partial charge >= 0.3 is 12.3 Å². The van der Waals surface area contributed by atoms with E-state index in [2.05, 4.69) is 10.6 Å². The monoisotopic (exact) mass is 364 g/mol. The maximum atomic E-state index is 12.5. The van der Waals surface area contributed by atoms with Crippen molar-refractivity contribution in [1.82, 2.24) is 5.32 Å². The van der Waals surface area contributed by atoms with Crippen molar-refractivity contribution in [2.45, 2.75) is 37.7 Å². The molecule has 138 valence electrons. The first-order valence-corrected chi connectivity index (χ1v) is 8.31. The number of carbonyl (C=O) groups is 1. The molecule has 0 aromatic heterocycles. The summed E-state index contributed by atoms with van der Waals surface area (Å²) < 4.78 is 42.7. The van der Waals surface area contributed by atoms with Crippen molar-refractivity contribution < 1.29 is 22.7 Å². The Kier molecular flexibility index (Phi) is 5.35. The first kappa shape index (κ1) is 18.1. The van der Waals surface area contributed by atoms with Crippen LogP contribution in [0.1, 0.15) is 24.0 Å². The highest BCUT2D eigenvalue weighted by molar-refractivity contribution is 5.67. The predicted octanol–water partition coefficient (Wildman–Crippen LogP) is 4.57. The largest absolute Gasteiger partial charge is 0.445 e. The Bertz CT molecular complexity index is 727. The zero-order valence-electron chi connectivity index (χ0n) is 13.9. The molecule has 0 unspecified atom stereocenters. The quantitative estimate of drug-likeness (QED) is 0.817. The van der Waals surface area contributed by atoms with Crippen molar-refractivity contribution in [3.63, 3.8) is 0 Å². The average Bonchev–Trinajstić information content (AvgIpc) is 2.58. The Labute approximate surface area is 149 Å². The molecule has 3 rings (SSSR count). The lowest BCUT2D eigenvalue weighted by atomic mass is 9.86. The van der Waals surface area contributed by atoms with Gasteiger partial charge in [0.1, 0.15) is 6.61 Å². The van der Waals surface area contributed by atoms with Crippen LogP contribution < -0.4 is 10.6 Å². The average molecular weight is 364 g/mol. The molecule has 4 nitrogen and oxygen atoms in total. The van der Waals surface area contributed by atoms with Crippen LogP contribution in [0.3, 0.4) is 0 Å². The van der Waals surface area contributed by atoms with Gasteiger partial charge in [-0.2, -0.15) is 13.2 Å². The second-order valence-corrected chi connectivity index (χ2v) is 6.29. The topological polar surface area (TPSA) is 50.4 Å². The molecule has 1 aliphatic rings. The zero-order valence-corrected chi connectivity index (χ0v) is 13.9. The third kappa shape index (κ3) is 4.91. The highest BCUT2D eigenvalue weighted by Crippen LogP contribution is 2.31. The first-order valence-electron chi connectivity index (χ1n) is 8.31. The number of alkyl halides is 3. The molecule has 2 aromatic carbocycles. The summed E-state index contributed by atoms with van der Waals surface area (Å²) in [5, 5.41) is 5.94. The highest BCUT2D eigenvalue weighted by Gasteiger charge is 2.32. The number of carbonyl (C=O) groups excluding carboxylic acids is 1. The summed E-state index contributed by atoms with van der Waals surface area (Å²) in [6.07, 6.45) is -3.40. The van der Waals surface area contributed by atoms with E-state index in [1.165, 1.54) is 12.1 Å². The Morgan fingerprint density at radius 1 is 1.00 bits per heavy atom. The van der Waals surface area contributed by atoms with Gasteiger partial charge in [-0.3, -0.25) is 0 Å². The normalized spacial score (nSPS) is 19.3. The van der Waals surface area contributed by atoms with Crippen LogP contribution >= 0.6 is 0 Å². The van der Waals surface area contributed by atoms with Crippen LogP contribution in [0, 0.1) is 0 Å². The van der Waals surface area contributed by atoms with Crippen molar-refractivity contribution in [3.8, 4) is 0 Å². The number of hydrogen-bond donors (Lipinski definition) is 2. The number of ether oxygens (including phenoxy) is 1. The molecule has 1 amide bonds. The minimum atomic E-state index is -4.33. The molecule has 7 heteroatoms. The van der Waals surface area contributed by atoms with Crippen molar-refractivity contribution in [3.05, 3.63) is 65.7 Å². The van der Waals surface area contributed by atoms with Crippen molar-refractivity contribution in [1.29, 1.82) is 0 Å². The Morgan fingerprint density at radius 3 is 2.27 bits per heavy atom. The van der Waals surface area contributed by atoms with Crippen LogP contribution in [-0.2, 0) is 17.5 Å². The Morgan fingerprint density at radius 2 is 1.65 bits per heavy atom. The molecule has 0 atom stereocenters. The van der Waals surface area contributed by atoms with E-state index in [4.69, 9.17) is 4.74 Å². The summed E-state index contributed by atoms with van der Waals surface area (Å²) in [6.45, 7) is 0.215. The maximum absolute atomic E-state index is 12.5. The number of amides is 1. The van der Waals surface area contributed by atoms with Gasteiger partial charge in [-0.1, -0.05) is 30.3 Å². The molecule has 0 aliphatic heterocycles. The number of anilines is 1. The van der Waals surface area contributed by atoms with E-state index in [9.17, 15) is 18.0 Å². The maximum Gasteiger partial charge on any atom is 0.416 e. The molecule has 0 bridgehead atoms. The fourth-order valence-corrected chi connectivity index (χ4v) is 2.78. The van der Waals surface area contributed by atoms with Crippen molar-refractivity contribution in [2.75, 3.05) is 5.32 Å². The van der Waals surface area contributed by atoms with Gasteiger partial charge in [0.15, 0.2) is 0 Å². The molecular formula is C19H19F3N2O2. The van der Waals surface area contributed by atoms with E-state index in [0.29, 0.717) is 18.5 Å². The number of nitrogens with one attached hydrogen (secondary N) is 2. The summed E-state index contributed by atoms with van der Waals surface area (Å²) in [7, 11) is 0. The molecule has 0 radical (unpaired) electrons. The van der Waals surface area contributed by atoms with Gasteiger partial charge in [0, 0.05) is 17.8 Å². The lowest BCUT2D eigenvalue weighted by Crippen LogP contribution is -2.49. The SMILES string of the molecule is O=C(NC1CC(Nc2ccc(C(F)(F)F)cc2)C1)OCc1ccccc1. The van der Waals surface area contributed by atoms with Crippen molar-refractivity contribution >= 4 is 11.8 Å². The smallest absolute Gasteiger partial charge is 0.416 e. The molecule has 2 aromatic rings. The molecule has 1 fully saturated rings. The van der Waals surface area contributed by atoms with E-state index >= 15 is 0 Å². The molecule has 1 saturated carbocycles. The van der Waals surface area contributed by atoms with E-state index < -0.39 is 17.8 Å². The summed E-state index contributed by atoms with van der Waals surface area (Å²) in [6, 6.07) is 14.4. The Balaban J connectivity index is 1.37. The van der Waals surface area contributed by atoms with Gasteiger partial charge in [-0.15, -0.1) is 0 Å². The summed E-state index contributed by atoms with van der Waals surface area (Å²) in [5.74, 6) is 0. The zero-order chi connectivity index (χ0) is 18.6. The summed E-state index contributed by atoms with van der Waals surface area (Å²) >= 11 is 0. The van der Waals surface area contributed by atoms with Crippen molar-refractivity contribution in [2.24, 2.45) is 0 Å². The van der Waals surface area contributed by atoms with E-state index in [1.54, 1.807) is 0 Å². The standard InChI is InChI=1S/C19H19F3N2O2/c20-19(21,22)14-6-8-15(9-7-14)23-16-10-17(11-16)24-18(25)26-12-13-4-2-1-3-5-13/h1-9,16-17,23H,10-12H2,(H,24,25). The number of alkyl carbamates (subject to hydrolysis) is 1. The second-order valence-electron chi connectivity index (χ2n) is 6.29. The first-order chi connectivity index (χ1) is 12.4. The van der Waals surface area contributed by atoms with E-state index in [0.717, 1.165) is 17.7 Å². The second kappa shape index (κ2) is 7.68. The predicted molar refractivity (Wildman–Crippen MR) is 91.6 cm³/mol. The Hall–Kier alpha value is -2.70. The van der Waals surface area contributed by atoms with Crippen LogP contribution in [0.5, 0.6) is 0 Å². The van der Waals surface area contributed by atoms with E-state index in [-0.39, 0.29) is 18.7 Å². The molecule has 0 heterocycles. The molecule has 0 spiro atoms. The van der Waals surface area contributed by atoms with Crippen LogP contribution in [0.4, 0.5) is 23.7 Å². The third-order valence-corrected chi connectivity index (χ3v) is 4.26. The van der Waals surface area contributed by atoms with Crippen LogP contribution in [0.2, 0.25) is 0 Å². The molecule has 1 aliphatic carbocycles. The molecule has 26 heavy (non-hydrogen) atoms. The number of rotatable bonds is 5. The van der Waals surface area contributed by atoms with Crippen LogP contribution in [-0.4, -0.2) is 18.2 Å². The number of benzene rings is 2. The fourth-order valence-electron chi connectivity index (χ4n) is 2.78. The number of halogens is 3. The van der Waals surface area contributed by atoms with Crippen LogP contribution in [0.15, 0.2) is 54.6 Å². The summed E-state index contributed by atoms with van der Waals surface area (Å²) in [4.78, 5) is 11.8. The lowest BCUT2D eigenvalue weighted by Gasteiger charge is -2.36. The number of hydrogen-bond acceptors (Lipinski definition) is 3. The molecular weight excluding hydrogens is 345 g/mol. The van der Waals surface area contributed by atoms with Gasteiger partial charge in [0.05, 0.1) is 5.56 Å². The molecule has 0 saturated heterocycles. The van der Waals surface area contributed by atoms with Gasteiger partial charge in [0.2, 0.25) is 0 Å². The minimum absolute atomic E-state index is 0.00483. The molecule has 2 N–H and O–H groups in total. The van der Waals surface area contributed by atoms with E-state index in [1.807, 2.05) is 30.3 Å². The van der Waals surface area contributed by atoms with Crippen LogP contribution in [0.25, 0.3) is 0 Å². The van der Waals surface area contributed by atoms with Gasteiger partial charge in [-0.05, 0) is 42.7 Å². The fraction of sp³-hybridized carbons (Fsp3) is 0.316. The summed E-state index contributed by atoms with van der Waals surface area (Å²) in [5.41, 5.74) is 0.878. The van der Waals surface area contributed by atoms with Gasteiger partial charge in [0.25, 0.3) is 0 Å². The van der Waals surface area contributed by atoms with Gasteiger partial charge in [-0.25, -0.2) is 4.79 Å². The van der Waals surface area contributed by atoms with Gasteiger partial charge < -0.3 is 15.4 Å². The lowest BCUT2D eigenvalue weighted by molar-refractivity contribution is -0.137. The highest BCUT2D eigenvalue weighted by atomic mass is 19.4.